The normalized spacial score (nSPS) is 14.6. The molecular formula is C22H26N8O. The summed E-state index contributed by atoms with van der Waals surface area (Å²) in [5.41, 5.74) is 10.1. The SMILES string of the molecule is COC1CCN(c2ccc(C)c(-c3nc(-n4nc(C)cc4C)nc(N)c3C#N)n2)CC1. The number of rotatable bonds is 4. The van der Waals surface area contributed by atoms with Crippen molar-refractivity contribution in [2.24, 2.45) is 0 Å². The van der Waals surface area contributed by atoms with Crippen LogP contribution >= 0.6 is 0 Å². The van der Waals surface area contributed by atoms with Crippen molar-refractivity contribution in [1.29, 1.82) is 5.26 Å². The Morgan fingerprint density at radius 1 is 1.10 bits per heavy atom. The highest BCUT2D eigenvalue weighted by molar-refractivity contribution is 5.73. The lowest BCUT2D eigenvalue weighted by Gasteiger charge is -2.32. The summed E-state index contributed by atoms with van der Waals surface area (Å²) in [6.45, 7) is 7.50. The van der Waals surface area contributed by atoms with Crippen LogP contribution in [0.3, 0.4) is 0 Å². The molecule has 1 aliphatic rings. The molecule has 2 N–H and O–H groups in total. The molecule has 0 radical (unpaired) electrons. The van der Waals surface area contributed by atoms with Crippen LogP contribution < -0.4 is 10.6 Å². The maximum Gasteiger partial charge on any atom is 0.253 e. The maximum absolute atomic E-state index is 9.76. The average molecular weight is 419 g/mol. The Morgan fingerprint density at radius 2 is 1.84 bits per heavy atom. The minimum absolute atomic E-state index is 0.113. The summed E-state index contributed by atoms with van der Waals surface area (Å²) in [6, 6.07) is 8.09. The molecule has 0 saturated carbocycles. The van der Waals surface area contributed by atoms with Crippen LogP contribution in [0.15, 0.2) is 18.2 Å². The first-order chi connectivity index (χ1) is 14.9. The van der Waals surface area contributed by atoms with Crippen molar-refractivity contribution in [3.63, 3.8) is 0 Å². The smallest absolute Gasteiger partial charge is 0.253 e. The molecule has 0 aliphatic carbocycles. The highest BCUT2D eigenvalue weighted by atomic mass is 16.5. The number of piperidine rings is 1. The van der Waals surface area contributed by atoms with Gasteiger partial charge in [0.25, 0.3) is 5.95 Å². The van der Waals surface area contributed by atoms with Gasteiger partial charge in [-0.25, -0.2) is 14.6 Å². The minimum Gasteiger partial charge on any atom is -0.382 e. The number of pyridine rings is 1. The zero-order chi connectivity index (χ0) is 22.1. The van der Waals surface area contributed by atoms with Crippen LogP contribution in [0.25, 0.3) is 17.3 Å². The van der Waals surface area contributed by atoms with E-state index in [-0.39, 0.29) is 17.5 Å². The van der Waals surface area contributed by atoms with Crippen LogP contribution in [0.2, 0.25) is 0 Å². The first kappa shape index (κ1) is 20.8. The molecule has 0 amide bonds. The lowest BCUT2D eigenvalue weighted by atomic mass is 10.1. The van der Waals surface area contributed by atoms with Crippen LogP contribution in [0.1, 0.15) is 35.4 Å². The number of aryl methyl sites for hydroxylation is 3. The fraction of sp³-hybridized carbons (Fsp3) is 0.409. The third kappa shape index (κ3) is 3.94. The maximum atomic E-state index is 9.76. The number of nitriles is 1. The number of nitrogen functional groups attached to an aromatic ring is 1. The molecule has 9 heteroatoms. The molecule has 4 rings (SSSR count). The van der Waals surface area contributed by atoms with Gasteiger partial charge in [0.05, 0.1) is 17.5 Å². The van der Waals surface area contributed by atoms with Gasteiger partial charge in [-0.05, 0) is 51.3 Å². The molecule has 0 unspecified atom stereocenters. The number of ether oxygens (including phenoxy) is 1. The molecule has 31 heavy (non-hydrogen) atoms. The van der Waals surface area contributed by atoms with Crippen LogP contribution in [0.4, 0.5) is 11.6 Å². The lowest BCUT2D eigenvalue weighted by Crippen LogP contribution is -2.37. The molecule has 0 atom stereocenters. The monoisotopic (exact) mass is 418 g/mol. The van der Waals surface area contributed by atoms with E-state index in [0.29, 0.717) is 17.3 Å². The first-order valence-corrected chi connectivity index (χ1v) is 10.3. The van der Waals surface area contributed by atoms with Crippen molar-refractivity contribution in [3.05, 3.63) is 40.7 Å². The Kier molecular flexibility index (Phi) is 5.57. The van der Waals surface area contributed by atoms with Gasteiger partial charge in [0.1, 0.15) is 29.0 Å². The summed E-state index contributed by atoms with van der Waals surface area (Å²) in [6.07, 6.45) is 2.19. The third-order valence-electron chi connectivity index (χ3n) is 5.64. The molecule has 4 heterocycles. The third-order valence-corrected chi connectivity index (χ3v) is 5.64. The van der Waals surface area contributed by atoms with E-state index < -0.39 is 0 Å². The van der Waals surface area contributed by atoms with Crippen molar-refractivity contribution < 1.29 is 4.74 Å². The molecular weight excluding hydrogens is 392 g/mol. The number of nitrogens with two attached hydrogens (primary N) is 1. The molecule has 1 aliphatic heterocycles. The molecule has 3 aromatic heterocycles. The summed E-state index contributed by atoms with van der Waals surface area (Å²) in [5, 5.41) is 14.2. The minimum atomic E-state index is 0.113. The van der Waals surface area contributed by atoms with Gasteiger partial charge < -0.3 is 15.4 Å². The Morgan fingerprint density at radius 3 is 2.45 bits per heavy atom. The molecule has 0 bridgehead atoms. The van der Waals surface area contributed by atoms with Crippen molar-refractivity contribution in [2.45, 2.75) is 39.7 Å². The summed E-state index contributed by atoms with van der Waals surface area (Å²) < 4.78 is 7.11. The quantitative estimate of drug-likeness (QED) is 0.687. The fourth-order valence-electron chi connectivity index (χ4n) is 3.93. The number of methoxy groups -OCH3 is 1. The van der Waals surface area contributed by atoms with Crippen LogP contribution in [-0.4, -0.2) is 51.0 Å². The highest BCUT2D eigenvalue weighted by Crippen LogP contribution is 2.30. The Balaban J connectivity index is 1.80. The first-order valence-electron chi connectivity index (χ1n) is 10.3. The molecule has 160 valence electrons. The van der Waals surface area contributed by atoms with Gasteiger partial charge in [-0.15, -0.1) is 0 Å². The van der Waals surface area contributed by atoms with E-state index in [9.17, 15) is 5.26 Å². The Bertz CT molecular complexity index is 1160. The van der Waals surface area contributed by atoms with Gasteiger partial charge in [-0.2, -0.15) is 15.3 Å². The zero-order valence-electron chi connectivity index (χ0n) is 18.3. The van der Waals surface area contributed by atoms with Gasteiger partial charge >= 0.3 is 0 Å². The molecule has 0 aromatic carbocycles. The number of nitrogens with zero attached hydrogens (tertiary/aromatic N) is 7. The van der Waals surface area contributed by atoms with E-state index in [1.165, 1.54) is 0 Å². The summed E-state index contributed by atoms with van der Waals surface area (Å²) in [5.74, 6) is 1.29. The largest absolute Gasteiger partial charge is 0.382 e. The second-order valence-corrected chi connectivity index (χ2v) is 7.84. The Hall–Kier alpha value is -3.51. The van der Waals surface area contributed by atoms with Crippen LogP contribution in [-0.2, 0) is 4.74 Å². The summed E-state index contributed by atoms with van der Waals surface area (Å²) in [7, 11) is 1.76. The van der Waals surface area contributed by atoms with E-state index in [1.807, 2.05) is 39.0 Å². The molecule has 1 fully saturated rings. The number of hydrogen-bond acceptors (Lipinski definition) is 8. The molecule has 3 aromatic rings. The average Bonchev–Trinajstić information content (AvgIpc) is 3.11. The summed E-state index contributed by atoms with van der Waals surface area (Å²) in [4.78, 5) is 16.1. The van der Waals surface area contributed by atoms with Gasteiger partial charge in [0, 0.05) is 25.9 Å². The fourth-order valence-corrected chi connectivity index (χ4v) is 3.93. The van der Waals surface area contributed by atoms with Gasteiger partial charge in [-0.1, -0.05) is 6.07 Å². The van der Waals surface area contributed by atoms with E-state index in [1.54, 1.807) is 11.8 Å². The molecule has 1 saturated heterocycles. The number of hydrogen-bond donors (Lipinski definition) is 1. The zero-order valence-corrected chi connectivity index (χ0v) is 18.3. The predicted octanol–water partition coefficient (Wildman–Crippen LogP) is 2.72. The van der Waals surface area contributed by atoms with E-state index in [2.05, 4.69) is 26.0 Å². The molecule has 9 nitrogen and oxygen atoms in total. The number of anilines is 2. The predicted molar refractivity (Wildman–Crippen MR) is 118 cm³/mol. The van der Waals surface area contributed by atoms with Crippen molar-refractivity contribution in [2.75, 3.05) is 30.8 Å². The Labute approximate surface area is 181 Å². The van der Waals surface area contributed by atoms with Crippen molar-refractivity contribution in [3.8, 4) is 23.4 Å². The van der Waals surface area contributed by atoms with Gasteiger partial charge in [0.2, 0.25) is 0 Å². The van der Waals surface area contributed by atoms with Crippen LogP contribution in [0, 0.1) is 32.1 Å². The second-order valence-electron chi connectivity index (χ2n) is 7.84. The topological polar surface area (TPSA) is 119 Å². The van der Waals surface area contributed by atoms with Gasteiger partial charge in [0.15, 0.2) is 0 Å². The standard InChI is InChI=1S/C22H26N8O/c1-13-5-6-18(29-9-7-16(31-4)8-10-29)25-19(13)20-17(12-23)21(24)27-22(26-20)30-15(3)11-14(2)28-30/h5-6,11,16H,7-10H2,1-4H3,(H2,24,26,27). The van der Waals surface area contributed by atoms with E-state index in [0.717, 1.165) is 48.7 Å². The van der Waals surface area contributed by atoms with Crippen LogP contribution in [0.5, 0.6) is 0 Å². The van der Waals surface area contributed by atoms with E-state index in [4.69, 9.17) is 15.5 Å². The van der Waals surface area contributed by atoms with Crippen molar-refractivity contribution in [1.82, 2.24) is 24.7 Å². The highest BCUT2D eigenvalue weighted by Gasteiger charge is 2.23. The van der Waals surface area contributed by atoms with E-state index >= 15 is 0 Å². The summed E-state index contributed by atoms with van der Waals surface area (Å²) >= 11 is 0. The van der Waals surface area contributed by atoms with Crippen molar-refractivity contribution >= 4 is 11.6 Å². The van der Waals surface area contributed by atoms with Gasteiger partial charge in [-0.3, -0.25) is 0 Å². The number of aromatic nitrogens is 5. The lowest BCUT2D eigenvalue weighted by molar-refractivity contribution is 0.0818. The second kappa shape index (κ2) is 8.32. The molecule has 0 spiro atoms.